The highest BCUT2D eigenvalue weighted by atomic mass is 16.5. The number of carboxylic acid groups (broad SMARTS) is 1. The largest absolute Gasteiger partial charge is 0.495 e. The number of benzene rings is 2. The molecule has 0 amide bonds. The predicted molar refractivity (Wildman–Crippen MR) is 125 cm³/mol. The van der Waals surface area contributed by atoms with E-state index < -0.39 is 11.4 Å². The van der Waals surface area contributed by atoms with Gasteiger partial charge in [0.05, 0.1) is 18.2 Å². The van der Waals surface area contributed by atoms with Crippen LogP contribution in [0.1, 0.15) is 69.6 Å². The molecule has 0 radical (unpaired) electrons. The van der Waals surface area contributed by atoms with Gasteiger partial charge < -0.3 is 15.2 Å². The first kappa shape index (κ1) is 21.7. The monoisotopic (exact) mass is 421 g/mol. The van der Waals surface area contributed by atoms with Gasteiger partial charge in [0, 0.05) is 5.69 Å². The maximum absolute atomic E-state index is 12.3. The van der Waals surface area contributed by atoms with Gasteiger partial charge in [-0.1, -0.05) is 45.4 Å². The maximum atomic E-state index is 12.3. The number of hydrogen-bond donors (Lipinski definition) is 2. The Labute approximate surface area is 186 Å². The minimum absolute atomic E-state index is 0.0272. The number of ether oxygens (including phenoxy) is 1. The fourth-order valence-electron chi connectivity index (χ4n) is 6.11. The molecule has 2 N–H and O–H groups in total. The Hall–Kier alpha value is -2.49. The Bertz CT molecular complexity index is 998. The number of carboxylic acids is 1. The van der Waals surface area contributed by atoms with Crippen molar-refractivity contribution < 1.29 is 14.6 Å². The number of nitrogens with one attached hydrogen (secondary N) is 1. The Kier molecular flexibility index (Phi) is 5.53. The third-order valence-corrected chi connectivity index (χ3v) is 7.93. The molecule has 166 valence electrons. The summed E-state index contributed by atoms with van der Waals surface area (Å²) >= 11 is 0. The van der Waals surface area contributed by atoms with E-state index in [-0.39, 0.29) is 11.3 Å². The first-order valence-corrected chi connectivity index (χ1v) is 11.5. The number of anilines is 2. The molecule has 2 aromatic rings. The van der Waals surface area contributed by atoms with E-state index in [1.54, 1.807) is 7.11 Å². The lowest BCUT2D eigenvalue weighted by Crippen LogP contribution is -2.51. The lowest BCUT2D eigenvalue weighted by molar-refractivity contribution is -0.160. The topological polar surface area (TPSA) is 58.6 Å². The highest BCUT2D eigenvalue weighted by molar-refractivity contribution is 5.75. The summed E-state index contributed by atoms with van der Waals surface area (Å²) < 4.78 is 5.54. The molecule has 3 atom stereocenters. The van der Waals surface area contributed by atoms with Crippen LogP contribution in [0, 0.1) is 16.7 Å². The molecule has 0 unspecified atom stereocenters. The fraction of sp³-hybridized carbons (Fsp3) is 0.519. The van der Waals surface area contributed by atoms with Crippen LogP contribution in [0.2, 0.25) is 0 Å². The van der Waals surface area contributed by atoms with Crippen LogP contribution in [0.25, 0.3) is 0 Å². The third kappa shape index (κ3) is 3.71. The zero-order valence-electron chi connectivity index (χ0n) is 19.4. The Balaban J connectivity index is 1.77. The zero-order valence-corrected chi connectivity index (χ0v) is 19.4. The highest BCUT2D eigenvalue weighted by Crippen LogP contribution is 2.57. The molecule has 2 aromatic carbocycles. The average molecular weight is 422 g/mol. The summed E-state index contributed by atoms with van der Waals surface area (Å²) in [6.07, 6.45) is 4.66. The number of fused-ring (bicyclic) bond motifs is 2. The Morgan fingerprint density at radius 2 is 1.87 bits per heavy atom. The maximum Gasteiger partial charge on any atom is 0.309 e. The van der Waals surface area contributed by atoms with Crippen molar-refractivity contribution in [2.45, 2.75) is 65.7 Å². The lowest BCUT2D eigenvalue weighted by atomic mass is 9.50. The quantitative estimate of drug-likeness (QED) is 0.574. The fourth-order valence-corrected chi connectivity index (χ4v) is 6.11. The second kappa shape index (κ2) is 7.89. The molecule has 1 saturated carbocycles. The van der Waals surface area contributed by atoms with Crippen molar-refractivity contribution in [3.8, 4) is 5.75 Å². The first-order valence-electron chi connectivity index (χ1n) is 11.5. The molecule has 1 fully saturated rings. The molecule has 0 aliphatic heterocycles. The van der Waals surface area contributed by atoms with Crippen LogP contribution < -0.4 is 10.1 Å². The van der Waals surface area contributed by atoms with Crippen molar-refractivity contribution in [2.75, 3.05) is 12.4 Å². The van der Waals surface area contributed by atoms with Gasteiger partial charge in [-0.2, -0.15) is 0 Å². The molecule has 4 rings (SSSR count). The summed E-state index contributed by atoms with van der Waals surface area (Å²) in [5, 5.41) is 13.7. The highest BCUT2D eigenvalue weighted by Gasteiger charge is 2.54. The van der Waals surface area contributed by atoms with E-state index in [1.807, 2.05) is 31.2 Å². The second-order valence-electron chi connectivity index (χ2n) is 10.4. The van der Waals surface area contributed by atoms with Crippen molar-refractivity contribution in [1.29, 1.82) is 0 Å². The average Bonchev–Trinajstić information content (AvgIpc) is 2.72. The Morgan fingerprint density at radius 1 is 1.13 bits per heavy atom. The summed E-state index contributed by atoms with van der Waals surface area (Å²) in [4.78, 5) is 12.3. The van der Waals surface area contributed by atoms with Gasteiger partial charge in [0.2, 0.25) is 0 Å². The van der Waals surface area contributed by atoms with Gasteiger partial charge in [-0.25, -0.2) is 0 Å². The van der Waals surface area contributed by atoms with Gasteiger partial charge in [0.25, 0.3) is 0 Å². The normalized spacial score (nSPS) is 27.4. The van der Waals surface area contributed by atoms with E-state index in [0.717, 1.165) is 49.2 Å². The van der Waals surface area contributed by atoms with Crippen molar-refractivity contribution in [2.24, 2.45) is 16.7 Å². The minimum atomic E-state index is -0.642. The van der Waals surface area contributed by atoms with Crippen LogP contribution in [0.4, 0.5) is 11.4 Å². The van der Waals surface area contributed by atoms with E-state index in [9.17, 15) is 9.90 Å². The molecule has 4 nitrogen and oxygen atoms in total. The van der Waals surface area contributed by atoms with E-state index in [4.69, 9.17) is 4.74 Å². The molecule has 0 aromatic heterocycles. The number of rotatable bonds is 5. The standard InChI is InChI=1S/C27H35NO3/c1-17(2)20-13-18-15-24-26(3,11-8-12-27(24,4)25(29)30)16-19(18)14-22(20)28-21-9-6-7-10-23(21)31-5/h6-7,9-10,13-14,17,24,28H,8,11-12,15-16H2,1-5H3,(H,29,30)/t24-,26-,27-/m1/s1. The van der Waals surface area contributed by atoms with E-state index in [2.05, 4.69) is 38.2 Å². The van der Waals surface area contributed by atoms with Gasteiger partial charge >= 0.3 is 5.97 Å². The van der Waals surface area contributed by atoms with Gasteiger partial charge in [0.1, 0.15) is 5.75 Å². The van der Waals surface area contributed by atoms with Crippen LogP contribution in [-0.2, 0) is 17.6 Å². The summed E-state index contributed by atoms with van der Waals surface area (Å²) in [6, 6.07) is 12.6. The van der Waals surface area contributed by atoms with Gasteiger partial charge in [-0.05, 0) is 84.7 Å². The smallest absolute Gasteiger partial charge is 0.309 e. The number of aliphatic carboxylic acids is 1. The lowest BCUT2D eigenvalue weighted by Gasteiger charge is -2.53. The van der Waals surface area contributed by atoms with Crippen LogP contribution in [-0.4, -0.2) is 18.2 Å². The summed E-state index contributed by atoms with van der Waals surface area (Å²) in [7, 11) is 1.69. The first-order chi connectivity index (χ1) is 14.7. The van der Waals surface area contributed by atoms with Gasteiger partial charge in [-0.3, -0.25) is 4.79 Å². The van der Waals surface area contributed by atoms with Gasteiger partial charge in [0.15, 0.2) is 0 Å². The number of carbonyl (C=O) groups is 1. The Morgan fingerprint density at radius 3 is 2.55 bits per heavy atom. The summed E-state index contributed by atoms with van der Waals surface area (Å²) in [5.74, 6) is 0.719. The number of para-hydroxylation sites is 2. The molecule has 0 bridgehead atoms. The van der Waals surface area contributed by atoms with Crippen molar-refractivity contribution >= 4 is 17.3 Å². The van der Waals surface area contributed by atoms with Crippen molar-refractivity contribution in [1.82, 2.24) is 0 Å². The number of methoxy groups -OCH3 is 1. The molecule has 0 spiro atoms. The predicted octanol–water partition coefficient (Wildman–Crippen LogP) is 6.56. The van der Waals surface area contributed by atoms with Crippen LogP contribution >= 0.6 is 0 Å². The van der Waals surface area contributed by atoms with Crippen molar-refractivity contribution in [3.05, 3.63) is 53.1 Å². The molecular weight excluding hydrogens is 386 g/mol. The minimum Gasteiger partial charge on any atom is -0.495 e. The summed E-state index contributed by atoms with van der Waals surface area (Å²) in [6.45, 7) is 8.71. The van der Waals surface area contributed by atoms with Gasteiger partial charge in [-0.15, -0.1) is 0 Å². The van der Waals surface area contributed by atoms with Crippen molar-refractivity contribution in [3.63, 3.8) is 0 Å². The zero-order chi connectivity index (χ0) is 22.4. The molecule has 2 aliphatic carbocycles. The van der Waals surface area contributed by atoms with E-state index >= 15 is 0 Å². The molecule has 0 heterocycles. The molecular formula is C27H35NO3. The van der Waals surface area contributed by atoms with Crippen LogP contribution in [0.5, 0.6) is 5.75 Å². The number of hydrogen-bond acceptors (Lipinski definition) is 3. The van der Waals surface area contributed by atoms with Crippen LogP contribution in [0.3, 0.4) is 0 Å². The SMILES string of the molecule is COc1ccccc1Nc1cc2c(cc1C(C)C)C[C@@H]1[C@](C)(CCC[C@@]1(C)C(=O)O)C2. The summed E-state index contributed by atoms with van der Waals surface area (Å²) in [5.41, 5.74) is 5.42. The van der Waals surface area contributed by atoms with Crippen LogP contribution in [0.15, 0.2) is 36.4 Å². The van der Waals surface area contributed by atoms with E-state index in [0.29, 0.717) is 5.92 Å². The van der Waals surface area contributed by atoms with E-state index in [1.165, 1.54) is 16.7 Å². The third-order valence-electron chi connectivity index (χ3n) is 7.93. The molecule has 4 heteroatoms. The second-order valence-corrected chi connectivity index (χ2v) is 10.4. The molecule has 31 heavy (non-hydrogen) atoms. The molecule has 0 saturated heterocycles. The molecule has 2 aliphatic rings.